The van der Waals surface area contributed by atoms with Gasteiger partial charge in [0.05, 0.1) is 0 Å². The van der Waals surface area contributed by atoms with Crippen LogP contribution in [0.2, 0.25) is 0 Å². The molecule has 3 amide bonds. The highest BCUT2D eigenvalue weighted by Crippen LogP contribution is 2.29. The molecule has 0 bridgehead atoms. The number of hydrogen-bond donors (Lipinski definition) is 3. The second kappa shape index (κ2) is 7.44. The Morgan fingerprint density at radius 2 is 1.59 bits per heavy atom. The van der Waals surface area contributed by atoms with Crippen LogP contribution in [-0.2, 0) is 9.59 Å². The summed E-state index contributed by atoms with van der Waals surface area (Å²) in [4.78, 5) is 34.7. The van der Waals surface area contributed by atoms with E-state index in [1.165, 1.54) is 0 Å². The average Bonchev–Trinajstić information content (AvgIpc) is 2.53. The van der Waals surface area contributed by atoms with Crippen molar-refractivity contribution >= 4 is 23.6 Å². The third-order valence-electron chi connectivity index (χ3n) is 3.74. The zero-order valence-corrected chi connectivity index (χ0v) is 12.0. The fourth-order valence-electron chi connectivity index (χ4n) is 2.62. The van der Waals surface area contributed by atoms with Crippen molar-refractivity contribution in [2.75, 3.05) is 5.32 Å². The van der Waals surface area contributed by atoms with Gasteiger partial charge in [0, 0.05) is 23.5 Å². The number of hydrazine groups is 1. The molecule has 1 saturated carbocycles. The number of benzene rings is 1. The third kappa shape index (κ3) is 4.21. The van der Waals surface area contributed by atoms with E-state index in [-0.39, 0.29) is 0 Å². The molecule has 7 heteroatoms. The molecule has 0 saturated heterocycles. The van der Waals surface area contributed by atoms with Crippen LogP contribution in [0.15, 0.2) is 30.3 Å². The fourth-order valence-corrected chi connectivity index (χ4v) is 2.62. The van der Waals surface area contributed by atoms with Crippen LogP contribution in [0.5, 0.6) is 0 Å². The van der Waals surface area contributed by atoms with Crippen molar-refractivity contribution in [2.24, 2.45) is 11.8 Å². The zero-order chi connectivity index (χ0) is 15.9. The van der Waals surface area contributed by atoms with Crippen LogP contribution in [-0.4, -0.2) is 17.9 Å². The van der Waals surface area contributed by atoms with Gasteiger partial charge in [0.25, 0.3) is 0 Å². The minimum absolute atomic E-state index is 0.427. The number of carbonyl (C=O) groups excluding carboxylic acids is 3. The lowest BCUT2D eigenvalue weighted by Crippen LogP contribution is -2.50. The van der Waals surface area contributed by atoms with E-state index in [1.807, 2.05) is 6.07 Å². The SMILES string of the molecule is O=C(NNC(=O)C1CCCCC1C(=O)[O-])Nc1ccccc1. The summed E-state index contributed by atoms with van der Waals surface area (Å²) in [6.45, 7) is 0. The van der Waals surface area contributed by atoms with Gasteiger partial charge < -0.3 is 15.2 Å². The van der Waals surface area contributed by atoms with Gasteiger partial charge in [-0.05, 0) is 25.0 Å². The fraction of sp³-hybridized carbons (Fsp3) is 0.400. The molecular weight excluding hydrogens is 286 g/mol. The van der Waals surface area contributed by atoms with E-state index in [0.29, 0.717) is 18.5 Å². The summed E-state index contributed by atoms with van der Waals surface area (Å²) < 4.78 is 0. The number of amides is 3. The van der Waals surface area contributed by atoms with Crippen molar-refractivity contribution < 1.29 is 19.5 Å². The maximum Gasteiger partial charge on any atom is 0.337 e. The number of urea groups is 1. The summed E-state index contributed by atoms with van der Waals surface area (Å²) in [5.41, 5.74) is 5.07. The monoisotopic (exact) mass is 304 g/mol. The maximum absolute atomic E-state index is 12.0. The van der Waals surface area contributed by atoms with E-state index in [0.717, 1.165) is 12.8 Å². The van der Waals surface area contributed by atoms with Crippen molar-refractivity contribution in [3.8, 4) is 0 Å². The quantitative estimate of drug-likeness (QED) is 0.702. The topological polar surface area (TPSA) is 110 Å². The van der Waals surface area contributed by atoms with E-state index in [1.54, 1.807) is 24.3 Å². The first kappa shape index (κ1) is 15.8. The average molecular weight is 304 g/mol. The van der Waals surface area contributed by atoms with Crippen LogP contribution in [0, 0.1) is 11.8 Å². The molecule has 2 rings (SSSR count). The number of hydrogen-bond acceptors (Lipinski definition) is 4. The molecule has 22 heavy (non-hydrogen) atoms. The minimum atomic E-state index is -1.21. The number of carbonyl (C=O) groups is 3. The first-order valence-corrected chi connectivity index (χ1v) is 7.20. The van der Waals surface area contributed by atoms with Gasteiger partial charge in [-0.15, -0.1) is 0 Å². The van der Waals surface area contributed by atoms with Crippen molar-refractivity contribution in [3.63, 3.8) is 0 Å². The lowest BCUT2D eigenvalue weighted by Gasteiger charge is -2.31. The molecule has 0 radical (unpaired) electrons. The highest BCUT2D eigenvalue weighted by molar-refractivity contribution is 5.91. The number of nitrogens with one attached hydrogen (secondary N) is 3. The first-order chi connectivity index (χ1) is 10.6. The number of carboxylic acids is 1. The van der Waals surface area contributed by atoms with E-state index in [4.69, 9.17) is 0 Å². The lowest BCUT2D eigenvalue weighted by atomic mass is 9.79. The van der Waals surface area contributed by atoms with Gasteiger partial charge >= 0.3 is 6.03 Å². The van der Waals surface area contributed by atoms with Crippen molar-refractivity contribution in [2.45, 2.75) is 25.7 Å². The first-order valence-electron chi connectivity index (χ1n) is 7.20. The van der Waals surface area contributed by atoms with Gasteiger partial charge in [0.2, 0.25) is 5.91 Å². The van der Waals surface area contributed by atoms with Gasteiger partial charge in [-0.3, -0.25) is 10.2 Å². The number of rotatable bonds is 3. The summed E-state index contributed by atoms with van der Waals surface area (Å²) in [7, 11) is 0. The van der Waals surface area contributed by atoms with Gasteiger partial charge in [-0.1, -0.05) is 31.0 Å². The molecule has 0 heterocycles. The van der Waals surface area contributed by atoms with Gasteiger partial charge in [-0.2, -0.15) is 0 Å². The summed E-state index contributed by atoms with van der Waals surface area (Å²) in [6, 6.07) is 8.15. The molecule has 1 aromatic rings. The van der Waals surface area contributed by atoms with E-state index < -0.39 is 29.7 Å². The molecule has 1 aliphatic rings. The molecule has 7 nitrogen and oxygen atoms in total. The highest BCUT2D eigenvalue weighted by atomic mass is 16.4. The van der Waals surface area contributed by atoms with Crippen LogP contribution in [0.1, 0.15) is 25.7 Å². The smallest absolute Gasteiger partial charge is 0.337 e. The Labute approximate surface area is 128 Å². The molecule has 0 spiro atoms. The minimum Gasteiger partial charge on any atom is -0.550 e. The van der Waals surface area contributed by atoms with Gasteiger partial charge in [0.15, 0.2) is 0 Å². The van der Waals surface area contributed by atoms with Crippen LogP contribution in [0.3, 0.4) is 0 Å². The van der Waals surface area contributed by atoms with Gasteiger partial charge in [0.1, 0.15) is 0 Å². The second-order valence-corrected chi connectivity index (χ2v) is 5.25. The molecule has 0 aliphatic heterocycles. The zero-order valence-electron chi connectivity index (χ0n) is 12.0. The molecule has 2 atom stereocenters. The predicted molar refractivity (Wildman–Crippen MR) is 77.2 cm³/mol. The lowest BCUT2D eigenvalue weighted by molar-refractivity contribution is -0.314. The van der Waals surface area contributed by atoms with Crippen LogP contribution in [0.25, 0.3) is 0 Å². The predicted octanol–water partition coefficient (Wildman–Crippen LogP) is 0.396. The normalized spacial score (nSPS) is 20.7. The summed E-state index contributed by atoms with van der Waals surface area (Å²) in [5, 5.41) is 13.6. The molecular formula is C15H18N3O4-. The largest absolute Gasteiger partial charge is 0.550 e. The van der Waals surface area contributed by atoms with Crippen molar-refractivity contribution in [1.29, 1.82) is 0 Å². The Morgan fingerprint density at radius 1 is 0.955 bits per heavy atom. The Balaban J connectivity index is 1.83. The number of anilines is 1. The van der Waals surface area contributed by atoms with Crippen molar-refractivity contribution in [3.05, 3.63) is 30.3 Å². The second-order valence-electron chi connectivity index (χ2n) is 5.25. The summed E-state index contributed by atoms with van der Waals surface area (Å²) in [6.07, 6.45) is 2.46. The molecule has 1 aromatic carbocycles. The maximum atomic E-state index is 12.0. The van der Waals surface area contributed by atoms with Crippen LogP contribution < -0.4 is 21.3 Å². The van der Waals surface area contributed by atoms with E-state index in [9.17, 15) is 19.5 Å². The van der Waals surface area contributed by atoms with Crippen LogP contribution in [0.4, 0.5) is 10.5 Å². The number of aliphatic carboxylic acids is 1. The van der Waals surface area contributed by atoms with Crippen molar-refractivity contribution in [1.82, 2.24) is 10.9 Å². The number of para-hydroxylation sites is 1. The van der Waals surface area contributed by atoms with Crippen LogP contribution >= 0.6 is 0 Å². The van der Waals surface area contributed by atoms with Gasteiger partial charge in [-0.25, -0.2) is 10.2 Å². The Bertz CT molecular complexity index is 547. The molecule has 0 aromatic heterocycles. The molecule has 1 fully saturated rings. The van der Waals surface area contributed by atoms with E-state index >= 15 is 0 Å². The molecule has 118 valence electrons. The third-order valence-corrected chi connectivity index (χ3v) is 3.74. The Hall–Kier alpha value is -2.57. The molecule has 1 aliphatic carbocycles. The Kier molecular flexibility index (Phi) is 5.35. The number of carboxylic acid groups (broad SMARTS) is 1. The Morgan fingerprint density at radius 3 is 2.23 bits per heavy atom. The molecule has 3 N–H and O–H groups in total. The standard InChI is InChI=1S/C15H19N3O4/c19-13(11-8-4-5-9-12(11)14(20)21)17-18-15(22)16-10-6-2-1-3-7-10/h1-3,6-7,11-12H,4-5,8-9H2,(H,17,19)(H,20,21)(H2,16,18,22)/p-1. The van der Waals surface area contributed by atoms with E-state index in [2.05, 4.69) is 16.2 Å². The summed E-state index contributed by atoms with van der Waals surface area (Å²) >= 11 is 0. The highest BCUT2D eigenvalue weighted by Gasteiger charge is 2.31. The summed E-state index contributed by atoms with van der Waals surface area (Å²) in [5.74, 6) is -3.19. The molecule has 2 unspecified atom stereocenters.